The highest BCUT2D eigenvalue weighted by Gasteiger charge is 2.14. The molecule has 6 heteroatoms. The minimum atomic E-state index is -1.17. The van der Waals surface area contributed by atoms with Crippen LogP contribution in [0.1, 0.15) is 13.3 Å². The molecule has 1 aromatic rings. The lowest BCUT2D eigenvalue weighted by Crippen LogP contribution is -2.26. The smallest absolute Gasteiger partial charge is 0.237 e. The van der Waals surface area contributed by atoms with Gasteiger partial charge in [-0.2, -0.15) is 0 Å². The Morgan fingerprint density at radius 2 is 2.06 bits per heavy atom. The summed E-state index contributed by atoms with van der Waals surface area (Å²) in [5.74, 6) is -0.225. The first-order chi connectivity index (χ1) is 8.52. The van der Waals surface area contributed by atoms with E-state index in [1.807, 2.05) is 19.1 Å². The Bertz CT molecular complexity index is 423. The molecule has 0 heterocycles. The molecular formula is C12H17BrN2O2S. The van der Waals surface area contributed by atoms with Crippen LogP contribution in [0, 0.1) is 0 Å². The molecule has 0 spiro atoms. The summed E-state index contributed by atoms with van der Waals surface area (Å²) in [6.45, 7) is 2.33. The van der Waals surface area contributed by atoms with Gasteiger partial charge in [-0.05, 0) is 37.2 Å². The van der Waals surface area contributed by atoms with Gasteiger partial charge >= 0.3 is 0 Å². The Kier molecular flexibility index (Phi) is 6.52. The van der Waals surface area contributed by atoms with Gasteiger partial charge in [0.15, 0.2) is 0 Å². The molecule has 4 nitrogen and oxygen atoms in total. The van der Waals surface area contributed by atoms with Crippen LogP contribution in [0.4, 0.5) is 5.69 Å². The molecule has 2 atom stereocenters. The lowest BCUT2D eigenvalue weighted by Gasteiger charge is -2.10. The van der Waals surface area contributed by atoms with Crippen molar-refractivity contribution in [2.45, 2.75) is 18.6 Å². The highest BCUT2D eigenvalue weighted by Crippen LogP contribution is 2.14. The van der Waals surface area contributed by atoms with Crippen LogP contribution in [0.25, 0.3) is 0 Å². The molecule has 0 bridgehead atoms. The van der Waals surface area contributed by atoms with E-state index in [2.05, 4.69) is 21.2 Å². The second-order valence-corrected chi connectivity index (χ2v) is 6.74. The minimum absolute atomic E-state index is 0.0111. The van der Waals surface area contributed by atoms with Crippen molar-refractivity contribution >= 4 is 38.3 Å². The van der Waals surface area contributed by atoms with Crippen LogP contribution in [0.5, 0.6) is 0 Å². The molecule has 1 rings (SSSR count). The Balaban J connectivity index is 2.46. The van der Waals surface area contributed by atoms with Crippen LogP contribution >= 0.6 is 15.9 Å². The number of carbonyl (C=O) groups excluding carboxylic acids is 1. The van der Waals surface area contributed by atoms with Gasteiger partial charge in [0.25, 0.3) is 0 Å². The molecule has 0 aliphatic rings. The highest BCUT2D eigenvalue weighted by atomic mass is 79.9. The lowest BCUT2D eigenvalue weighted by atomic mass is 10.3. The van der Waals surface area contributed by atoms with Crippen molar-refractivity contribution in [1.29, 1.82) is 0 Å². The fraction of sp³-hybridized carbons (Fsp3) is 0.417. The molecule has 100 valence electrons. The van der Waals surface area contributed by atoms with Crippen molar-refractivity contribution in [2.24, 2.45) is 5.73 Å². The summed E-state index contributed by atoms with van der Waals surface area (Å²) in [6.07, 6.45) is 0.665. The van der Waals surface area contributed by atoms with Gasteiger partial charge in [-0.3, -0.25) is 9.00 Å². The van der Waals surface area contributed by atoms with Crippen LogP contribution in [-0.2, 0) is 15.6 Å². The second-order valence-electron chi connectivity index (χ2n) is 3.97. The van der Waals surface area contributed by atoms with Crippen molar-refractivity contribution in [3.05, 3.63) is 28.7 Å². The van der Waals surface area contributed by atoms with E-state index in [0.717, 1.165) is 4.47 Å². The molecule has 1 aromatic carbocycles. The average Bonchev–Trinajstić information content (AvgIpc) is 2.32. The largest absolute Gasteiger partial charge is 0.330 e. The fourth-order valence-corrected chi connectivity index (χ4v) is 2.65. The number of benzene rings is 1. The van der Waals surface area contributed by atoms with Gasteiger partial charge in [0.1, 0.15) is 5.75 Å². The number of hydrogen-bond acceptors (Lipinski definition) is 3. The van der Waals surface area contributed by atoms with Gasteiger partial charge in [0, 0.05) is 26.2 Å². The fourth-order valence-electron chi connectivity index (χ4n) is 1.37. The summed E-state index contributed by atoms with van der Waals surface area (Å²) in [6, 6.07) is 7.25. The standard InChI is InChI=1S/C12H17BrN2O2S/c1-9(6-7-14)18(17)8-12(16)15-11-4-2-10(13)3-5-11/h2-5,9H,6-8,14H2,1H3,(H,15,16). The summed E-state index contributed by atoms with van der Waals surface area (Å²) in [4.78, 5) is 11.7. The van der Waals surface area contributed by atoms with E-state index < -0.39 is 10.8 Å². The van der Waals surface area contributed by atoms with Gasteiger partial charge in [-0.15, -0.1) is 0 Å². The van der Waals surface area contributed by atoms with E-state index in [4.69, 9.17) is 5.73 Å². The lowest BCUT2D eigenvalue weighted by molar-refractivity contribution is -0.113. The Hall–Kier alpha value is -0.720. The maximum Gasteiger partial charge on any atom is 0.237 e. The monoisotopic (exact) mass is 332 g/mol. The Morgan fingerprint density at radius 1 is 1.44 bits per heavy atom. The molecule has 0 aliphatic heterocycles. The number of halogens is 1. The number of rotatable bonds is 6. The molecule has 1 amide bonds. The molecule has 0 fully saturated rings. The predicted molar refractivity (Wildman–Crippen MR) is 78.9 cm³/mol. The molecule has 3 N–H and O–H groups in total. The van der Waals surface area contributed by atoms with Gasteiger partial charge in [0.2, 0.25) is 5.91 Å². The van der Waals surface area contributed by atoms with Crippen molar-refractivity contribution in [1.82, 2.24) is 0 Å². The third-order valence-electron chi connectivity index (χ3n) is 2.42. The third-order valence-corrected chi connectivity index (χ3v) is 4.63. The first kappa shape index (κ1) is 15.3. The molecule has 0 radical (unpaired) electrons. The summed E-state index contributed by atoms with van der Waals surface area (Å²) in [7, 11) is -1.17. The maximum absolute atomic E-state index is 11.8. The first-order valence-corrected chi connectivity index (χ1v) is 7.83. The number of hydrogen-bond donors (Lipinski definition) is 2. The number of amides is 1. The molecule has 0 saturated heterocycles. The van der Waals surface area contributed by atoms with Crippen LogP contribution < -0.4 is 11.1 Å². The zero-order valence-electron chi connectivity index (χ0n) is 10.2. The average molecular weight is 333 g/mol. The summed E-state index contributed by atoms with van der Waals surface area (Å²) >= 11 is 3.32. The zero-order chi connectivity index (χ0) is 13.5. The number of nitrogens with two attached hydrogens (primary N) is 1. The van der Waals surface area contributed by atoms with E-state index in [1.54, 1.807) is 12.1 Å². The van der Waals surface area contributed by atoms with Crippen LogP contribution in [0.15, 0.2) is 28.7 Å². The van der Waals surface area contributed by atoms with Crippen LogP contribution in [0.3, 0.4) is 0 Å². The number of nitrogens with one attached hydrogen (secondary N) is 1. The quantitative estimate of drug-likeness (QED) is 0.835. The van der Waals surface area contributed by atoms with E-state index >= 15 is 0 Å². The summed E-state index contributed by atoms with van der Waals surface area (Å²) in [5, 5.41) is 2.66. The van der Waals surface area contributed by atoms with E-state index in [1.165, 1.54) is 0 Å². The van der Waals surface area contributed by atoms with Crippen molar-refractivity contribution in [3.63, 3.8) is 0 Å². The highest BCUT2D eigenvalue weighted by molar-refractivity contribution is 9.10. The maximum atomic E-state index is 11.8. The van der Waals surface area contributed by atoms with Crippen LogP contribution in [-0.4, -0.2) is 27.7 Å². The first-order valence-electron chi connectivity index (χ1n) is 5.65. The van der Waals surface area contributed by atoms with Crippen LogP contribution in [0.2, 0.25) is 0 Å². The van der Waals surface area contributed by atoms with E-state index in [-0.39, 0.29) is 16.9 Å². The Morgan fingerprint density at radius 3 is 2.61 bits per heavy atom. The third kappa shape index (κ3) is 5.29. The SMILES string of the molecule is CC(CCN)S(=O)CC(=O)Nc1ccc(Br)cc1. The Labute approximate surface area is 118 Å². The molecule has 2 unspecified atom stereocenters. The van der Waals surface area contributed by atoms with Crippen molar-refractivity contribution in [3.8, 4) is 0 Å². The number of anilines is 1. The molecule has 18 heavy (non-hydrogen) atoms. The molecular weight excluding hydrogens is 316 g/mol. The van der Waals surface area contributed by atoms with Gasteiger partial charge < -0.3 is 11.1 Å². The van der Waals surface area contributed by atoms with Gasteiger partial charge in [-0.25, -0.2) is 0 Å². The van der Waals surface area contributed by atoms with E-state index in [0.29, 0.717) is 18.7 Å². The molecule has 0 aromatic heterocycles. The van der Waals surface area contributed by atoms with E-state index in [9.17, 15) is 9.00 Å². The predicted octanol–water partition coefficient (Wildman–Crippen LogP) is 1.87. The van der Waals surface area contributed by atoms with Gasteiger partial charge in [-0.1, -0.05) is 22.9 Å². The topological polar surface area (TPSA) is 72.2 Å². The minimum Gasteiger partial charge on any atom is -0.330 e. The molecule has 0 saturated carbocycles. The van der Waals surface area contributed by atoms with Crippen molar-refractivity contribution < 1.29 is 9.00 Å². The summed E-state index contributed by atoms with van der Waals surface area (Å²) < 4.78 is 12.7. The second kappa shape index (κ2) is 7.66. The summed E-state index contributed by atoms with van der Waals surface area (Å²) in [5.41, 5.74) is 6.10. The van der Waals surface area contributed by atoms with Crippen molar-refractivity contribution in [2.75, 3.05) is 17.6 Å². The molecule has 0 aliphatic carbocycles. The zero-order valence-corrected chi connectivity index (χ0v) is 12.6. The number of carbonyl (C=O) groups is 1. The normalized spacial score (nSPS) is 13.9. The van der Waals surface area contributed by atoms with Gasteiger partial charge in [0.05, 0.1) is 0 Å².